The van der Waals surface area contributed by atoms with Crippen molar-refractivity contribution in [1.82, 2.24) is 10.6 Å². The van der Waals surface area contributed by atoms with Gasteiger partial charge in [-0.1, -0.05) is 12.8 Å². The lowest BCUT2D eigenvalue weighted by Crippen LogP contribution is -2.44. The molecule has 0 saturated heterocycles. The third-order valence-corrected chi connectivity index (χ3v) is 2.64. The zero-order valence-electron chi connectivity index (χ0n) is 9.66. The molecule has 0 fully saturated rings. The average Bonchev–Trinajstić information content (AvgIpc) is 2.23. The fourth-order valence-corrected chi connectivity index (χ4v) is 1.64. The van der Waals surface area contributed by atoms with Crippen LogP contribution in [0.3, 0.4) is 0 Å². The van der Waals surface area contributed by atoms with Gasteiger partial charge in [0.25, 0.3) is 0 Å². The van der Waals surface area contributed by atoms with Crippen molar-refractivity contribution in [2.45, 2.75) is 51.1 Å². The summed E-state index contributed by atoms with van der Waals surface area (Å²) in [5.74, 6) is 0. The molecule has 2 unspecified atom stereocenters. The van der Waals surface area contributed by atoms with Crippen LogP contribution in [0.25, 0.3) is 0 Å². The van der Waals surface area contributed by atoms with Crippen LogP contribution in [0.2, 0.25) is 0 Å². The summed E-state index contributed by atoms with van der Waals surface area (Å²) < 4.78 is 0. The number of amides is 1. The van der Waals surface area contributed by atoms with Gasteiger partial charge in [-0.2, -0.15) is 0 Å². The highest BCUT2D eigenvalue weighted by molar-refractivity contribution is 5.48. The molecule has 0 bridgehead atoms. The number of carbonyl (C=O) groups is 2. The zero-order valence-corrected chi connectivity index (χ0v) is 9.66. The van der Waals surface area contributed by atoms with Gasteiger partial charge in [0.15, 0.2) is 0 Å². The molecule has 88 valence electrons. The molecule has 4 heteroatoms. The van der Waals surface area contributed by atoms with Crippen LogP contribution in [0.15, 0.2) is 0 Å². The maximum Gasteiger partial charge on any atom is 0.207 e. The predicted molar refractivity (Wildman–Crippen MR) is 60.7 cm³/mol. The van der Waals surface area contributed by atoms with Gasteiger partial charge < -0.3 is 15.4 Å². The summed E-state index contributed by atoms with van der Waals surface area (Å²) in [5.41, 5.74) is 0. The summed E-state index contributed by atoms with van der Waals surface area (Å²) in [6, 6.07) is 0.463. The number of nitrogens with one attached hydrogen (secondary N) is 2. The number of hydrogen-bond donors (Lipinski definition) is 2. The van der Waals surface area contributed by atoms with Crippen LogP contribution in [-0.4, -0.2) is 31.8 Å². The van der Waals surface area contributed by atoms with Crippen molar-refractivity contribution >= 4 is 12.7 Å². The van der Waals surface area contributed by atoms with Crippen LogP contribution in [0.4, 0.5) is 0 Å². The Bertz CT molecular complexity index is 174. The maximum atomic E-state index is 10.3. The Labute approximate surface area is 91.8 Å². The number of rotatable bonds is 10. The van der Waals surface area contributed by atoms with Crippen molar-refractivity contribution in [2.24, 2.45) is 0 Å². The molecule has 4 nitrogen and oxygen atoms in total. The molecule has 0 saturated carbocycles. The molecule has 0 aromatic rings. The summed E-state index contributed by atoms with van der Waals surface area (Å²) in [6.07, 6.45) is 6.52. The van der Waals surface area contributed by atoms with Crippen LogP contribution in [0.1, 0.15) is 39.0 Å². The van der Waals surface area contributed by atoms with Gasteiger partial charge in [-0.3, -0.25) is 4.79 Å². The van der Waals surface area contributed by atoms with Gasteiger partial charge in [-0.05, 0) is 26.8 Å². The fourth-order valence-electron chi connectivity index (χ4n) is 1.64. The molecule has 0 aliphatic carbocycles. The van der Waals surface area contributed by atoms with Crippen molar-refractivity contribution in [1.29, 1.82) is 0 Å². The number of likely N-dealkylation sites (N-methyl/N-ethyl adjacent to an activating group) is 1. The normalized spacial score (nSPS) is 14.3. The van der Waals surface area contributed by atoms with Crippen LogP contribution in [0, 0.1) is 0 Å². The van der Waals surface area contributed by atoms with E-state index in [4.69, 9.17) is 0 Å². The lowest BCUT2D eigenvalue weighted by atomic mass is 10.0. The van der Waals surface area contributed by atoms with Crippen LogP contribution >= 0.6 is 0 Å². The first-order chi connectivity index (χ1) is 7.26. The quantitative estimate of drug-likeness (QED) is 0.419. The third kappa shape index (κ3) is 7.08. The monoisotopic (exact) mass is 214 g/mol. The summed E-state index contributed by atoms with van der Waals surface area (Å²) in [7, 11) is 1.90. The van der Waals surface area contributed by atoms with Crippen LogP contribution in [0.5, 0.6) is 0 Å². The van der Waals surface area contributed by atoms with Gasteiger partial charge in [0.05, 0.1) is 0 Å². The van der Waals surface area contributed by atoms with Gasteiger partial charge in [-0.15, -0.1) is 0 Å². The van der Waals surface area contributed by atoms with E-state index in [9.17, 15) is 9.59 Å². The Kier molecular flexibility index (Phi) is 9.07. The highest BCUT2D eigenvalue weighted by Gasteiger charge is 2.13. The van der Waals surface area contributed by atoms with Crippen LogP contribution < -0.4 is 10.6 Å². The predicted octanol–water partition coefficient (Wildman–Crippen LogP) is 0.858. The van der Waals surface area contributed by atoms with E-state index in [1.165, 1.54) is 0 Å². The standard InChI is InChI=1S/C11H22N2O2/c1-10(13-9-15)11(12-2)7-5-3-4-6-8-14/h8-12H,3-7H2,1-2H3,(H,13,15). The van der Waals surface area contributed by atoms with E-state index in [-0.39, 0.29) is 6.04 Å². The molecule has 0 radical (unpaired) electrons. The van der Waals surface area contributed by atoms with E-state index in [0.29, 0.717) is 12.5 Å². The molecule has 0 aliphatic heterocycles. The Morgan fingerprint density at radius 3 is 2.47 bits per heavy atom. The first kappa shape index (κ1) is 14.1. The van der Waals surface area contributed by atoms with E-state index < -0.39 is 0 Å². The molecule has 2 atom stereocenters. The average molecular weight is 214 g/mol. The first-order valence-corrected chi connectivity index (χ1v) is 5.56. The zero-order chi connectivity index (χ0) is 11.5. The van der Waals surface area contributed by atoms with Gasteiger partial charge in [-0.25, -0.2) is 0 Å². The molecule has 0 spiro atoms. The minimum atomic E-state index is 0.151. The van der Waals surface area contributed by atoms with Crippen molar-refractivity contribution < 1.29 is 9.59 Å². The molecule has 0 rings (SSSR count). The number of hydrogen-bond acceptors (Lipinski definition) is 3. The lowest BCUT2D eigenvalue weighted by Gasteiger charge is -2.22. The van der Waals surface area contributed by atoms with E-state index in [1.54, 1.807) is 0 Å². The van der Waals surface area contributed by atoms with Crippen LogP contribution in [-0.2, 0) is 9.59 Å². The van der Waals surface area contributed by atoms with E-state index >= 15 is 0 Å². The SMILES string of the molecule is CNC(CCCCCC=O)C(C)NC=O. The summed E-state index contributed by atoms with van der Waals surface area (Å²) in [5, 5.41) is 5.94. The highest BCUT2D eigenvalue weighted by atomic mass is 16.1. The second-order valence-electron chi connectivity index (χ2n) is 3.77. The molecule has 0 heterocycles. The van der Waals surface area contributed by atoms with Crippen molar-refractivity contribution in [3.05, 3.63) is 0 Å². The molecular formula is C11H22N2O2. The molecule has 2 N–H and O–H groups in total. The largest absolute Gasteiger partial charge is 0.355 e. The number of unbranched alkanes of at least 4 members (excludes halogenated alkanes) is 3. The Morgan fingerprint density at radius 1 is 1.20 bits per heavy atom. The van der Waals surface area contributed by atoms with Crippen molar-refractivity contribution in [3.63, 3.8) is 0 Å². The molecule has 0 aromatic carbocycles. The highest BCUT2D eigenvalue weighted by Crippen LogP contribution is 2.07. The van der Waals surface area contributed by atoms with E-state index in [0.717, 1.165) is 38.4 Å². The van der Waals surface area contributed by atoms with Gasteiger partial charge in [0.2, 0.25) is 6.41 Å². The van der Waals surface area contributed by atoms with Crippen molar-refractivity contribution in [2.75, 3.05) is 7.05 Å². The van der Waals surface area contributed by atoms with Crippen molar-refractivity contribution in [3.8, 4) is 0 Å². The molecule has 0 aromatic heterocycles. The van der Waals surface area contributed by atoms with Gasteiger partial charge in [0, 0.05) is 18.5 Å². The Morgan fingerprint density at radius 2 is 1.93 bits per heavy atom. The minimum Gasteiger partial charge on any atom is -0.355 e. The smallest absolute Gasteiger partial charge is 0.207 e. The third-order valence-electron chi connectivity index (χ3n) is 2.64. The molecule has 0 aliphatic rings. The van der Waals surface area contributed by atoms with E-state index in [2.05, 4.69) is 10.6 Å². The van der Waals surface area contributed by atoms with E-state index in [1.807, 2.05) is 14.0 Å². The summed E-state index contributed by atoms with van der Waals surface area (Å²) in [4.78, 5) is 20.4. The summed E-state index contributed by atoms with van der Waals surface area (Å²) >= 11 is 0. The summed E-state index contributed by atoms with van der Waals surface area (Å²) in [6.45, 7) is 1.99. The van der Waals surface area contributed by atoms with Gasteiger partial charge >= 0.3 is 0 Å². The minimum absolute atomic E-state index is 0.151. The Balaban J connectivity index is 3.59. The molecule has 15 heavy (non-hydrogen) atoms. The number of aldehydes is 1. The second-order valence-corrected chi connectivity index (χ2v) is 3.77. The molecular weight excluding hydrogens is 192 g/mol. The fraction of sp³-hybridized carbons (Fsp3) is 0.818. The lowest BCUT2D eigenvalue weighted by molar-refractivity contribution is -0.110. The van der Waals surface area contributed by atoms with Gasteiger partial charge in [0.1, 0.15) is 6.29 Å². The maximum absolute atomic E-state index is 10.3. The Hall–Kier alpha value is -0.900. The number of carbonyl (C=O) groups excluding carboxylic acids is 2. The second kappa shape index (κ2) is 9.65. The first-order valence-electron chi connectivity index (χ1n) is 5.56. The topological polar surface area (TPSA) is 58.2 Å². The molecule has 1 amide bonds.